The highest BCUT2D eigenvalue weighted by atomic mass is 16.5. The third kappa shape index (κ3) is 6.07. The van der Waals surface area contributed by atoms with E-state index in [4.69, 9.17) is 19.9 Å². The van der Waals surface area contributed by atoms with Crippen molar-refractivity contribution in [1.29, 1.82) is 0 Å². The van der Waals surface area contributed by atoms with E-state index in [9.17, 15) is 0 Å². The van der Waals surface area contributed by atoms with Gasteiger partial charge in [-0.05, 0) is 37.6 Å². The molecule has 0 heterocycles. The topological polar surface area (TPSA) is 53.7 Å². The monoisotopic (exact) mass is 277 g/mol. The molecule has 0 amide bonds. The van der Waals surface area contributed by atoms with Crippen molar-refractivity contribution in [3.63, 3.8) is 0 Å². The minimum atomic E-state index is 0.224. The standard InChI is InChI=1S/C16H23NO3/c1-13(2)20-10-9-19-12-15-11-16(18-3)7-6-14(15)5-4-8-17/h6-7,11,13H,8-10,12,17H2,1-3H3. The molecule has 0 aliphatic heterocycles. The molecule has 110 valence electrons. The normalized spacial score (nSPS) is 10.2. The van der Waals surface area contributed by atoms with Crippen molar-refractivity contribution in [3.05, 3.63) is 29.3 Å². The summed E-state index contributed by atoms with van der Waals surface area (Å²) in [5, 5.41) is 0. The van der Waals surface area contributed by atoms with Crippen LogP contribution in [-0.4, -0.2) is 33.0 Å². The van der Waals surface area contributed by atoms with Crippen LogP contribution >= 0.6 is 0 Å². The van der Waals surface area contributed by atoms with Crippen LogP contribution in [0.2, 0.25) is 0 Å². The third-order valence-electron chi connectivity index (χ3n) is 2.57. The summed E-state index contributed by atoms with van der Waals surface area (Å²) in [5.41, 5.74) is 7.32. The van der Waals surface area contributed by atoms with Gasteiger partial charge < -0.3 is 19.9 Å². The van der Waals surface area contributed by atoms with Gasteiger partial charge in [0.15, 0.2) is 0 Å². The summed E-state index contributed by atoms with van der Waals surface area (Å²) in [6, 6.07) is 5.74. The van der Waals surface area contributed by atoms with Crippen LogP contribution in [0.25, 0.3) is 0 Å². The lowest BCUT2D eigenvalue weighted by atomic mass is 10.1. The maximum atomic E-state index is 5.61. The molecule has 0 aromatic heterocycles. The van der Waals surface area contributed by atoms with Crippen molar-refractivity contribution in [3.8, 4) is 17.6 Å². The number of hydrogen-bond donors (Lipinski definition) is 1. The van der Waals surface area contributed by atoms with Crippen molar-refractivity contribution >= 4 is 0 Å². The van der Waals surface area contributed by atoms with E-state index < -0.39 is 0 Å². The highest BCUT2D eigenvalue weighted by Gasteiger charge is 2.03. The van der Waals surface area contributed by atoms with Crippen molar-refractivity contribution in [2.45, 2.75) is 26.6 Å². The minimum Gasteiger partial charge on any atom is -0.497 e. The van der Waals surface area contributed by atoms with Gasteiger partial charge in [0.1, 0.15) is 5.75 Å². The molecule has 1 rings (SSSR count). The maximum Gasteiger partial charge on any atom is 0.119 e. The zero-order chi connectivity index (χ0) is 14.8. The second kappa shape index (κ2) is 9.38. The second-order valence-electron chi connectivity index (χ2n) is 4.50. The molecule has 0 spiro atoms. The lowest BCUT2D eigenvalue weighted by molar-refractivity contribution is 0.0142. The smallest absolute Gasteiger partial charge is 0.119 e. The Kier molecular flexibility index (Phi) is 7.74. The van der Waals surface area contributed by atoms with Crippen LogP contribution in [0.3, 0.4) is 0 Å². The number of benzene rings is 1. The van der Waals surface area contributed by atoms with Crippen molar-refractivity contribution in [2.24, 2.45) is 5.73 Å². The molecule has 1 aromatic carbocycles. The van der Waals surface area contributed by atoms with Gasteiger partial charge in [-0.25, -0.2) is 0 Å². The lowest BCUT2D eigenvalue weighted by Crippen LogP contribution is -2.09. The van der Waals surface area contributed by atoms with E-state index in [0.29, 0.717) is 26.4 Å². The van der Waals surface area contributed by atoms with Crippen LogP contribution in [0, 0.1) is 11.8 Å². The molecule has 4 heteroatoms. The van der Waals surface area contributed by atoms with Crippen molar-refractivity contribution in [1.82, 2.24) is 0 Å². The van der Waals surface area contributed by atoms with Gasteiger partial charge in [-0.2, -0.15) is 0 Å². The number of rotatable bonds is 7. The van der Waals surface area contributed by atoms with Crippen molar-refractivity contribution in [2.75, 3.05) is 26.9 Å². The van der Waals surface area contributed by atoms with E-state index in [2.05, 4.69) is 11.8 Å². The second-order valence-corrected chi connectivity index (χ2v) is 4.50. The summed E-state index contributed by atoms with van der Waals surface area (Å²) in [6.45, 7) is 5.97. The molecular formula is C16H23NO3. The van der Waals surface area contributed by atoms with E-state index >= 15 is 0 Å². The molecule has 0 radical (unpaired) electrons. The molecule has 0 aliphatic rings. The summed E-state index contributed by atoms with van der Waals surface area (Å²) in [6.07, 6.45) is 0.224. The molecule has 0 unspecified atom stereocenters. The van der Waals surface area contributed by atoms with Crippen molar-refractivity contribution < 1.29 is 14.2 Å². The Morgan fingerprint density at radius 3 is 2.70 bits per heavy atom. The Morgan fingerprint density at radius 2 is 2.05 bits per heavy atom. The van der Waals surface area contributed by atoms with Gasteiger partial charge in [0.2, 0.25) is 0 Å². The van der Waals surface area contributed by atoms with Gasteiger partial charge >= 0.3 is 0 Å². The van der Waals surface area contributed by atoms with Gasteiger partial charge in [0.25, 0.3) is 0 Å². The number of methoxy groups -OCH3 is 1. The molecule has 0 atom stereocenters. The SMILES string of the molecule is COc1ccc(C#CCN)c(COCCOC(C)C)c1. The maximum absolute atomic E-state index is 5.61. The summed E-state index contributed by atoms with van der Waals surface area (Å²) in [7, 11) is 1.64. The fraction of sp³-hybridized carbons (Fsp3) is 0.500. The largest absolute Gasteiger partial charge is 0.497 e. The Labute approximate surface area is 121 Å². The Balaban J connectivity index is 2.61. The molecular weight excluding hydrogens is 254 g/mol. The Morgan fingerprint density at radius 1 is 1.25 bits per heavy atom. The first-order valence-corrected chi connectivity index (χ1v) is 6.72. The van der Waals surface area contributed by atoms with Gasteiger partial charge in [0, 0.05) is 5.56 Å². The average Bonchev–Trinajstić information content (AvgIpc) is 2.45. The number of ether oxygens (including phenoxy) is 3. The highest BCUT2D eigenvalue weighted by Crippen LogP contribution is 2.18. The molecule has 20 heavy (non-hydrogen) atoms. The third-order valence-corrected chi connectivity index (χ3v) is 2.57. The van der Waals surface area contributed by atoms with E-state index in [0.717, 1.165) is 16.9 Å². The first-order valence-electron chi connectivity index (χ1n) is 6.72. The highest BCUT2D eigenvalue weighted by molar-refractivity contribution is 5.45. The molecule has 1 aromatic rings. The average molecular weight is 277 g/mol. The Hall–Kier alpha value is -1.54. The quantitative estimate of drug-likeness (QED) is 0.611. The fourth-order valence-corrected chi connectivity index (χ4v) is 1.61. The van der Waals surface area contributed by atoms with Crippen LogP contribution in [0.5, 0.6) is 5.75 Å². The number of hydrogen-bond acceptors (Lipinski definition) is 4. The van der Waals surface area contributed by atoms with Crippen LogP contribution in [0.1, 0.15) is 25.0 Å². The predicted octanol–water partition coefficient (Wildman–Crippen LogP) is 1.95. The molecule has 0 aliphatic carbocycles. The molecule has 4 nitrogen and oxygen atoms in total. The van der Waals surface area contributed by atoms with Crippen LogP contribution in [0.4, 0.5) is 0 Å². The molecule has 0 saturated carbocycles. The van der Waals surface area contributed by atoms with E-state index in [1.807, 2.05) is 32.0 Å². The number of nitrogens with two attached hydrogens (primary N) is 1. The van der Waals surface area contributed by atoms with E-state index in [1.165, 1.54) is 0 Å². The van der Waals surface area contributed by atoms with Crippen LogP contribution in [0.15, 0.2) is 18.2 Å². The van der Waals surface area contributed by atoms with Crippen LogP contribution < -0.4 is 10.5 Å². The summed E-state index contributed by atoms with van der Waals surface area (Å²) in [4.78, 5) is 0. The minimum absolute atomic E-state index is 0.224. The molecule has 2 N–H and O–H groups in total. The summed E-state index contributed by atoms with van der Waals surface area (Å²) >= 11 is 0. The summed E-state index contributed by atoms with van der Waals surface area (Å²) in [5.74, 6) is 6.69. The van der Waals surface area contributed by atoms with E-state index in [-0.39, 0.29) is 6.10 Å². The van der Waals surface area contributed by atoms with Gasteiger partial charge in [-0.15, -0.1) is 0 Å². The molecule has 0 bridgehead atoms. The molecule has 0 fully saturated rings. The van der Waals surface area contributed by atoms with Gasteiger partial charge in [0.05, 0.1) is 39.6 Å². The van der Waals surface area contributed by atoms with E-state index in [1.54, 1.807) is 7.11 Å². The van der Waals surface area contributed by atoms with Crippen LogP contribution in [-0.2, 0) is 16.1 Å². The first kappa shape index (κ1) is 16.5. The summed E-state index contributed by atoms with van der Waals surface area (Å²) < 4.78 is 16.3. The predicted molar refractivity (Wildman–Crippen MR) is 79.7 cm³/mol. The zero-order valence-electron chi connectivity index (χ0n) is 12.4. The Bertz CT molecular complexity index is 461. The van der Waals surface area contributed by atoms with Gasteiger partial charge in [-0.1, -0.05) is 11.8 Å². The lowest BCUT2D eigenvalue weighted by Gasteiger charge is -2.10. The zero-order valence-corrected chi connectivity index (χ0v) is 12.4. The first-order chi connectivity index (χ1) is 9.67. The molecule has 0 saturated heterocycles. The fourth-order valence-electron chi connectivity index (χ4n) is 1.61. The van der Waals surface area contributed by atoms with Gasteiger partial charge in [-0.3, -0.25) is 0 Å².